The second-order valence-corrected chi connectivity index (χ2v) is 11.6. The van der Waals surface area contributed by atoms with E-state index in [1.807, 2.05) is 0 Å². The van der Waals surface area contributed by atoms with Crippen molar-refractivity contribution in [1.29, 1.82) is 0 Å². The molecule has 7 rings (SSSR count). The second kappa shape index (κ2) is 9.26. The van der Waals surface area contributed by atoms with E-state index in [0.29, 0.717) is 0 Å². The second-order valence-electron chi connectivity index (χ2n) is 10.8. The van der Waals surface area contributed by atoms with Crippen LogP contribution in [-0.2, 0) is 0 Å². The molecule has 0 nitrogen and oxygen atoms in total. The Bertz CT molecular complexity index is 1840. The summed E-state index contributed by atoms with van der Waals surface area (Å²) in [5, 5.41) is 5.21. The maximum atomic E-state index is 4.11. The SMILES string of the molecule is CC12CCCC=C1C(c1ccc(-c3ccccc3)cc1)=c1cc(-c3cccc4ccccc34)ccc1=C2Br. The third-order valence-electron chi connectivity index (χ3n) is 8.48. The van der Waals surface area contributed by atoms with Gasteiger partial charge in [0.2, 0.25) is 0 Å². The quantitative estimate of drug-likeness (QED) is 0.209. The normalized spacial score (nSPS) is 18.6. The topological polar surface area (TPSA) is 0 Å². The summed E-state index contributed by atoms with van der Waals surface area (Å²) in [5.74, 6) is 0. The molecule has 0 aromatic heterocycles. The van der Waals surface area contributed by atoms with Crippen molar-refractivity contribution in [3.63, 3.8) is 0 Å². The molecule has 0 saturated heterocycles. The molecule has 1 atom stereocenters. The highest BCUT2D eigenvalue weighted by molar-refractivity contribution is 9.14. The largest absolute Gasteiger partial charge is 0.0798 e. The van der Waals surface area contributed by atoms with Gasteiger partial charge in [0.25, 0.3) is 0 Å². The first-order valence-corrected chi connectivity index (χ1v) is 14.3. The lowest BCUT2D eigenvalue weighted by Crippen LogP contribution is -2.41. The highest BCUT2D eigenvalue weighted by Crippen LogP contribution is 2.51. The molecular weight excluding hydrogens is 524 g/mol. The molecular formula is C37H29Br. The lowest BCUT2D eigenvalue weighted by molar-refractivity contribution is 0.463. The van der Waals surface area contributed by atoms with E-state index in [1.54, 1.807) is 0 Å². The van der Waals surface area contributed by atoms with E-state index in [1.165, 1.54) is 71.1 Å². The van der Waals surface area contributed by atoms with Gasteiger partial charge in [0.15, 0.2) is 0 Å². The molecule has 0 aliphatic heterocycles. The lowest BCUT2D eigenvalue weighted by Gasteiger charge is -2.40. The van der Waals surface area contributed by atoms with Crippen LogP contribution in [0.1, 0.15) is 31.7 Å². The van der Waals surface area contributed by atoms with Crippen molar-refractivity contribution in [3.8, 4) is 22.3 Å². The van der Waals surface area contributed by atoms with Crippen molar-refractivity contribution < 1.29 is 0 Å². The van der Waals surface area contributed by atoms with E-state index in [9.17, 15) is 0 Å². The molecule has 184 valence electrons. The molecule has 0 saturated carbocycles. The van der Waals surface area contributed by atoms with E-state index in [2.05, 4.69) is 144 Å². The van der Waals surface area contributed by atoms with Gasteiger partial charge in [-0.25, -0.2) is 0 Å². The molecule has 0 heterocycles. The average molecular weight is 554 g/mol. The minimum absolute atomic E-state index is 0.000352. The molecule has 0 radical (unpaired) electrons. The summed E-state index contributed by atoms with van der Waals surface area (Å²) in [4.78, 5) is 0. The van der Waals surface area contributed by atoms with Crippen molar-refractivity contribution in [1.82, 2.24) is 0 Å². The van der Waals surface area contributed by atoms with E-state index in [-0.39, 0.29) is 5.41 Å². The summed E-state index contributed by atoms with van der Waals surface area (Å²) in [6.07, 6.45) is 6.02. The van der Waals surface area contributed by atoms with Gasteiger partial charge in [0.1, 0.15) is 0 Å². The molecule has 2 aliphatic carbocycles. The van der Waals surface area contributed by atoms with E-state index in [0.717, 1.165) is 12.8 Å². The van der Waals surface area contributed by atoms with Crippen molar-refractivity contribution in [3.05, 3.63) is 143 Å². The summed E-state index contributed by atoms with van der Waals surface area (Å²) < 4.78 is 1.32. The summed E-state index contributed by atoms with van der Waals surface area (Å²) in [7, 11) is 0. The minimum atomic E-state index is -0.000352. The van der Waals surface area contributed by atoms with Crippen LogP contribution in [0.3, 0.4) is 0 Å². The zero-order valence-corrected chi connectivity index (χ0v) is 23.1. The molecule has 0 spiro atoms. The number of rotatable bonds is 3. The zero-order valence-electron chi connectivity index (χ0n) is 21.5. The summed E-state index contributed by atoms with van der Waals surface area (Å²) in [6.45, 7) is 2.42. The smallest absolute Gasteiger partial charge is 0.0250 e. The van der Waals surface area contributed by atoms with Gasteiger partial charge in [0, 0.05) is 9.90 Å². The zero-order chi connectivity index (χ0) is 25.7. The van der Waals surface area contributed by atoms with Crippen LogP contribution in [0, 0.1) is 5.41 Å². The van der Waals surface area contributed by atoms with Crippen LogP contribution >= 0.6 is 15.9 Å². The number of halogens is 1. The first-order valence-electron chi connectivity index (χ1n) is 13.5. The highest BCUT2D eigenvalue weighted by Gasteiger charge is 2.39. The standard InChI is InChI=1S/C37H29Br/c1-37-23-8-7-16-34(37)35(28-19-17-26(18-20-28)25-10-3-2-4-11-25)33-24-29(21-22-32(33)36(37)38)31-15-9-13-27-12-5-6-14-30(27)31/h2-6,9-22,24H,7-8,23H2,1H3. The third-order valence-corrected chi connectivity index (χ3v) is 9.79. The van der Waals surface area contributed by atoms with Gasteiger partial charge in [0.05, 0.1) is 0 Å². The Hall–Kier alpha value is -3.68. The number of allylic oxidation sites excluding steroid dienone is 2. The number of hydrogen-bond acceptors (Lipinski definition) is 0. The lowest BCUT2D eigenvalue weighted by atomic mass is 9.67. The fraction of sp³-hybridized carbons (Fsp3) is 0.135. The monoisotopic (exact) mass is 552 g/mol. The maximum absolute atomic E-state index is 4.11. The van der Waals surface area contributed by atoms with Gasteiger partial charge < -0.3 is 0 Å². The van der Waals surface area contributed by atoms with Crippen molar-refractivity contribution in [2.45, 2.75) is 26.2 Å². The number of hydrogen-bond donors (Lipinski definition) is 0. The fourth-order valence-electron chi connectivity index (χ4n) is 6.47. The first-order chi connectivity index (χ1) is 18.6. The predicted octanol–water partition coefficient (Wildman–Crippen LogP) is 9.01. The molecule has 1 heteroatoms. The van der Waals surface area contributed by atoms with Gasteiger partial charge in [-0.3, -0.25) is 0 Å². The Morgan fingerprint density at radius 2 is 1.32 bits per heavy atom. The van der Waals surface area contributed by atoms with Gasteiger partial charge in [-0.2, -0.15) is 0 Å². The van der Waals surface area contributed by atoms with Crippen LogP contribution in [-0.4, -0.2) is 0 Å². The molecule has 0 N–H and O–H groups in total. The molecule has 0 fully saturated rings. The van der Waals surface area contributed by atoms with Crippen LogP contribution in [0.4, 0.5) is 0 Å². The van der Waals surface area contributed by atoms with Crippen molar-refractivity contribution >= 4 is 36.8 Å². The van der Waals surface area contributed by atoms with Crippen LogP contribution in [0.2, 0.25) is 0 Å². The fourth-order valence-corrected chi connectivity index (χ4v) is 7.23. The summed E-state index contributed by atoms with van der Waals surface area (Å²) in [5.41, 5.74) is 9.19. The van der Waals surface area contributed by atoms with Crippen molar-refractivity contribution in [2.24, 2.45) is 5.41 Å². The predicted molar refractivity (Wildman–Crippen MR) is 165 cm³/mol. The Labute approximate surface area is 232 Å². The van der Waals surface area contributed by atoms with Gasteiger partial charge in [-0.1, -0.05) is 138 Å². The molecule has 2 aliphatic rings. The van der Waals surface area contributed by atoms with Crippen LogP contribution in [0.25, 0.3) is 43.1 Å². The first kappa shape index (κ1) is 23.4. The third kappa shape index (κ3) is 3.72. The Balaban J connectivity index is 1.51. The Kier molecular flexibility index (Phi) is 5.71. The minimum Gasteiger partial charge on any atom is -0.0798 e. The maximum Gasteiger partial charge on any atom is 0.0250 e. The van der Waals surface area contributed by atoms with Crippen LogP contribution in [0.5, 0.6) is 0 Å². The van der Waals surface area contributed by atoms with Gasteiger partial charge in [-0.15, -0.1) is 0 Å². The molecule has 38 heavy (non-hydrogen) atoms. The van der Waals surface area contributed by atoms with Gasteiger partial charge in [-0.05, 0) is 85.5 Å². The molecule has 5 aromatic rings. The summed E-state index contributed by atoms with van der Waals surface area (Å²) >= 11 is 4.11. The van der Waals surface area contributed by atoms with Crippen LogP contribution < -0.4 is 10.4 Å². The molecule has 0 amide bonds. The Morgan fingerprint density at radius 1 is 0.632 bits per heavy atom. The average Bonchev–Trinajstić information content (AvgIpc) is 2.98. The Morgan fingerprint density at radius 3 is 2.16 bits per heavy atom. The van der Waals surface area contributed by atoms with E-state index >= 15 is 0 Å². The molecule has 5 aromatic carbocycles. The number of benzene rings is 5. The molecule has 1 unspecified atom stereocenters. The van der Waals surface area contributed by atoms with Gasteiger partial charge >= 0.3 is 0 Å². The molecule has 0 bridgehead atoms. The van der Waals surface area contributed by atoms with Crippen molar-refractivity contribution in [2.75, 3.05) is 0 Å². The summed E-state index contributed by atoms with van der Waals surface area (Å²) in [6, 6.07) is 42.2. The van der Waals surface area contributed by atoms with E-state index in [4.69, 9.17) is 0 Å². The van der Waals surface area contributed by atoms with E-state index < -0.39 is 0 Å². The van der Waals surface area contributed by atoms with Crippen LogP contribution in [0.15, 0.2) is 127 Å². The number of fused-ring (bicyclic) bond motifs is 3. The highest BCUT2D eigenvalue weighted by atomic mass is 79.9.